The van der Waals surface area contributed by atoms with Crippen LogP contribution >= 0.6 is 0 Å². The molecule has 113 valence electrons. The van der Waals surface area contributed by atoms with Crippen LogP contribution in [0.15, 0.2) is 48.5 Å². The van der Waals surface area contributed by atoms with Crippen LogP contribution < -0.4 is 0 Å². The number of hydrogen-bond donors (Lipinski definition) is 0. The zero-order valence-corrected chi connectivity index (χ0v) is 12.2. The fourth-order valence-electron chi connectivity index (χ4n) is 3.01. The average Bonchev–Trinajstić information content (AvgIpc) is 2.86. The Bertz CT molecular complexity index is 711. The van der Waals surface area contributed by atoms with Crippen molar-refractivity contribution in [3.63, 3.8) is 0 Å². The number of benzene rings is 2. The molecule has 0 N–H and O–H groups in total. The van der Waals surface area contributed by atoms with E-state index in [1.807, 2.05) is 37.3 Å². The molecule has 0 heterocycles. The van der Waals surface area contributed by atoms with Crippen LogP contribution in [0.2, 0.25) is 0 Å². The largest absolute Gasteiger partial charge is 0.416 e. The van der Waals surface area contributed by atoms with Crippen LogP contribution in [0.5, 0.6) is 0 Å². The Labute approximate surface area is 128 Å². The highest BCUT2D eigenvalue weighted by Crippen LogP contribution is 2.46. The minimum absolute atomic E-state index is 0.273. The van der Waals surface area contributed by atoms with E-state index in [1.165, 1.54) is 6.07 Å². The van der Waals surface area contributed by atoms with Gasteiger partial charge in [0.05, 0.1) is 5.56 Å². The number of rotatable bonds is 3. The second-order valence-corrected chi connectivity index (χ2v) is 5.42. The first kappa shape index (κ1) is 14.9. The Morgan fingerprint density at radius 3 is 2.18 bits per heavy atom. The minimum atomic E-state index is -4.34. The van der Waals surface area contributed by atoms with E-state index in [4.69, 9.17) is 0 Å². The summed E-state index contributed by atoms with van der Waals surface area (Å²) in [4.78, 5) is 0. The fourth-order valence-corrected chi connectivity index (χ4v) is 3.01. The summed E-state index contributed by atoms with van der Waals surface area (Å²) in [6, 6.07) is 13.6. The quantitative estimate of drug-likeness (QED) is 0.654. The van der Waals surface area contributed by atoms with Gasteiger partial charge < -0.3 is 0 Å². The van der Waals surface area contributed by atoms with E-state index in [1.54, 1.807) is 12.1 Å². The summed E-state index contributed by atoms with van der Waals surface area (Å²) in [6.45, 7) is 2.04. The predicted octanol–water partition coefficient (Wildman–Crippen LogP) is 5.98. The summed E-state index contributed by atoms with van der Waals surface area (Å²) in [5.74, 6) is 1.01. The molecular formula is C19H16F3. The molecule has 0 fully saturated rings. The molecule has 0 saturated heterocycles. The maximum Gasteiger partial charge on any atom is 0.416 e. The Hall–Kier alpha value is -2.03. The summed E-state index contributed by atoms with van der Waals surface area (Å²) in [5, 5.41) is 0. The van der Waals surface area contributed by atoms with Crippen LogP contribution in [0, 0.1) is 5.92 Å². The smallest absolute Gasteiger partial charge is 0.166 e. The fraction of sp³-hybridized carbons (Fsp3) is 0.211. The summed E-state index contributed by atoms with van der Waals surface area (Å²) in [6.07, 6.45) is -0.793. The molecule has 2 aromatic rings. The summed E-state index contributed by atoms with van der Waals surface area (Å²) in [5.41, 5.74) is 2.46. The normalized spacial score (nSPS) is 14.8. The van der Waals surface area contributed by atoms with E-state index in [0.29, 0.717) is 5.57 Å². The number of hydrogen-bond acceptors (Lipinski definition) is 0. The monoisotopic (exact) mass is 301 g/mol. The van der Waals surface area contributed by atoms with Gasteiger partial charge in [0.15, 0.2) is 0 Å². The van der Waals surface area contributed by atoms with E-state index in [9.17, 15) is 13.2 Å². The van der Waals surface area contributed by atoms with Gasteiger partial charge >= 0.3 is 6.18 Å². The van der Waals surface area contributed by atoms with Crippen LogP contribution in [0.1, 0.15) is 42.0 Å². The molecule has 3 rings (SSSR count). The lowest BCUT2D eigenvalue weighted by Crippen LogP contribution is -2.10. The SMILES string of the molecule is CCC[C]1C(c2ccccc2C(F)(F)F)=Cc2ccccc21. The first-order valence-electron chi connectivity index (χ1n) is 7.36. The summed E-state index contributed by atoms with van der Waals surface area (Å²) >= 11 is 0. The lowest BCUT2D eigenvalue weighted by molar-refractivity contribution is -0.137. The van der Waals surface area contributed by atoms with Gasteiger partial charge in [-0.3, -0.25) is 0 Å². The van der Waals surface area contributed by atoms with Crippen LogP contribution in [0.4, 0.5) is 13.2 Å². The molecule has 0 amide bonds. The first-order chi connectivity index (χ1) is 10.5. The molecule has 0 bridgehead atoms. The molecular weight excluding hydrogens is 285 g/mol. The van der Waals surface area contributed by atoms with Crippen molar-refractivity contribution in [3.8, 4) is 0 Å². The van der Waals surface area contributed by atoms with Gasteiger partial charge in [-0.05, 0) is 40.8 Å². The van der Waals surface area contributed by atoms with Gasteiger partial charge in [0.1, 0.15) is 0 Å². The van der Waals surface area contributed by atoms with Gasteiger partial charge in [0.2, 0.25) is 0 Å². The highest BCUT2D eigenvalue weighted by molar-refractivity contribution is 5.99. The van der Waals surface area contributed by atoms with E-state index < -0.39 is 11.7 Å². The van der Waals surface area contributed by atoms with Gasteiger partial charge in [-0.1, -0.05) is 55.8 Å². The predicted molar refractivity (Wildman–Crippen MR) is 83.0 cm³/mol. The van der Waals surface area contributed by atoms with Gasteiger partial charge in [0.25, 0.3) is 0 Å². The Morgan fingerprint density at radius 2 is 1.50 bits per heavy atom. The molecule has 22 heavy (non-hydrogen) atoms. The molecule has 0 aliphatic heterocycles. The van der Waals surface area contributed by atoms with Gasteiger partial charge in [0, 0.05) is 5.92 Å². The topological polar surface area (TPSA) is 0 Å². The number of allylic oxidation sites excluding steroid dienone is 1. The molecule has 0 atom stereocenters. The molecule has 0 unspecified atom stereocenters. The van der Waals surface area contributed by atoms with E-state index in [0.717, 1.165) is 36.0 Å². The van der Waals surface area contributed by atoms with Crippen molar-refractivity contribution in [1.29, 1.82) is 0 Å². The molecule has 0 spiro atoms. The lowest BCUT2D eigenvalue weighted by Gasteiger charge is -2.19. The number of halogens is 3. The molecule has 0 saturated carbocycles. The van der Waals surface area contributed by atoms with Crippen molar-refractivity contribution in [2.24, 2.45) is 0 Å². The third-order valence-corrected chi connectivity index (χ3v) is 3.93. The maximum atomic E-state index is 13.3. The first-order valence-corrected chi connectivity index (χ1v) is 7.36. The molecule has 0 nitrogen and oxygen atoms in total. The Morgan fingerprint density at radius 1 is 0.864 bits per heavy atom. The van der Waals surface area contributed by atoms with Crippen molar-refractivity contribution >= 4 is 11.6 Å². The molecule has 3 heteroatoms. The molecule has 1 aliphatic rings. The van der Waals surface area contributed by atoms with Crippen molar-refractivity contribution in [1.82, 2.24) is 0 Å². The highest BCUT2D eigenvalue weighted by Gasteiger charge is 2.36. The molecule has 0 aromatic heterocycles. The standard InChI is InChI=1S/C19H16F3/c1-2-7-15-14-9-4-3-8-13(14)12-17(15)16-10-5-6-11-18(16)19(20,21)22/h3-6,8-12H,2,7H2,1H3. The van der Waals surface area contributed by atoms with Crippen molar-refractivity contribution in [3.05, 3.63) is 76.7 Å². The second-order valence-electron chi connectivity index (χ2n) is 5.42. The molecule has 1 radical (unpaired) electrons. The van der Waals surface area contributed by atoms with E-state index in [2.05, 4.69) is 0 Å². The Balaban J connectivity index is 2.13. The van der Waals surface area contributed by atoms with Crippen LogP contribution in [-0.4, -0.2) is 0 Å². The summed E-state index contributed by atoms with van der Waals surface area (Å²) < 4.78 is 39.9. The van der Waals surface area contributed by atoms with Crippen molar-refractivity contribution < 1.29 is 13.2 Å². The maximum absolute atomic E-state index is 13.3. The number of fused-ring (bicyclic) bond motifs is 1. The van der Waals surface area contributed by atoms with Gasteiger partial charge in [-0.2, -0.15) is 13.2 Å². The molecule has 1 aliphatic carbocycles. The lowest BCUT2D eigenvalue weighted by atomic mass is 9.86. The summed E-state index contributed by atoms with van der Waals surface area (Å²) in [7, 11) is 0. The van der Waals surface area contributed by atoms with E-state index >= 15 is 0 Å². The minimum Gasteiger partial charge on any atom is -0.166 e. The van der Waals surface area contributed by atoms with Crippen LogP contribution in [-0.2, 0) is 6.18 Å². The van der Waals surface area contributed by atoms with Crippen LogP contribution in [0.3, 0.4) is 0 Å². The van der Waals surface area contributed by atoms with Crippen molar-refractivity contribution in [2.45, 2.75) is 25.9 Å². The van der Waals surface area contributed by atoms with Crippen molar-refractivity contribution in [2.75, 3.05) is 0 Å². The average molecular weight is 301 g/mol. The van der Waals surface area contributed by atoms with E-state index in [-0.39, 0.29) is 5.56 Å². The van der Waals surface area contributed by atoms with Gasteiger partial charge in [-0.25, -0.2) is 0 Å². The third-order valence-electron chi connectivity index (χ3n) is 3.93. The zero-order valence-electron chi connectivity index (χ0n) is 12.2. The number of alkyl halides is 3. The highest BCUT2D eigenvalue weighted by atomic mass is 19.4. The van der Waals surface area contributed by atoms with Gasteiger partial charge in [-0.15, -0.1) is 0 Å². The second kappa shape index (κ2) is 5.64. The molecule has 2 aromatic carbocycles. The third kappa shape index (κ3) is 2.56. The van der Waals surface area contributed by atoms with Crippen LogP contribution in [0.25, 0.3) is 11.6 Å². The zero-order chi connectivity index (χ0) is 15.7. The Kier molecular flexibility index (Phi) is 3.81.